The first-order chi connectivity index (χ1) is 8.04. The second-order valence-corrected chi connectivity index (χ2v) is 6.26. The van der Waals surface area contributed by atoms with Crippen molar-refractivity contribution in [3.8, 4) is 0 Å². The van der Waals surface area contributed by atoms with E-state index in [0.29, 0.717) is 11.3 Å². The Hall–Kier alpha value is -0.670. The second-order valence-electron chi connectivity index (χ2n) is 5.02. The molecule has 0 spiro atoms. The zero-order chi connectivity index (χ0) is 12.6. The molecule has 2 atom stereocenters. The number of nitrogens with zero attached hydrogens (tertiary/aromatic N) is 1. The van der Waals surface area contributed by atoms with E-state index in [1.54, 1.807) is 0 Å². The molecule has 2 unspecified atom stereocenters. The van der Waals surface area contributed by atoms with Crippen LogP contribution in [0.4, 0.5) is 5.69 Å². The molecule has 2 nitrogen and oxygen atoms in total. The largest absolute Gasteiger partial charge is 0.370 e. The third-order valence-corrected chi connectivity index (χ3v) is 5.35. The third kappa shape index (κ3) is 2.31. The lowest BCUT2D eigenvalue weighted by Crippen LogP contribution is -2.41. The number of rotatable bonds is 2. The highest BCUT2D eigenvalue weighted by Gasteiger charge is 2.30. The molecule has 0 bridgehead atoms. The molecule has 0 radical (unpaired) electrons. The summed E-state index contributed by atoms with van der Waals surface area (Å²) in [5, 5.41) is 0.610. The first kappa shape index (κ1) is 12.8. The summed E-state index contributed by atoms with van der Waals surface area (Å²) in [4.78, 5) is 3.85. The van der Waals surface area contributed by atoms with Gasteiger partial charge in [-0.2, -0.15) is 0 Å². The zero-order valence-electron chi connectivity index (χ0n) is 11.2. The van der Waals surface area contributed by atoms with Gasteiger partial charge in [0.1, 0.15) is 0 Å². The van der Waals surface area contributed by atoms with Crippen LogP contribution in [-0.2, 0) is 0 Å². The lowest BCUT2D eigenvalue weighted by atomic mass is 10.1. The summed E-state index contributed by atoms with van der Waals surface area (Å²) in [6.07, 6.45) is 1.09. The van der Waals surface area contributed by atoms with Crippen LogP contribution in [0.3, 0.4) is 0 Å². The Labute approximate surface area is 109 Å². The summed E-state index contributed by atoms with van der Waals surface area (Å²) in [6, 6.07) is 5.12. The van der Waals surface area contributed by atoms with E-state index < -0.39 is 0 Å². The molecule has 2 rings (SSSR count). The molecule has 0 fully saturated rings. The standard InChI is InChI=1S/C14H22N2S/c1-9-7-10(2)14-12(8-9)16(4)11(3)13(17-14)5-6-15/h7-8,11,13H,5-6,15H2,1-4H3. The molecule has 0 aliphatic carbocycles. The van der Waals surface area contributed by atoms with E-state index in [1.807, 2.05) is 11.8 Å². The number of anilines is 1. The molecule has 1 aromatic rings. The summed E-state index contributed by atoms with van der Waals surface area (Å²) in [6.45, 7) is 7.45. The van der Waals surface area contributed by atoms with Crippen LogP contribution in [0.25, 0.3) is 0 Å². The van der Waals surface area contributed by atoms with Crippen molar-refractivity contribution in [3.05, 3.63) is 23.3 Å². The molecule has 3 heteroatoms. The van der Waals surface area contributed by atoms with Crippen molar-refractivity contribution in [2.45, 2.75) is 43.4 Å². The predicted octanol–water partition coefficient (Wildman–Crippen LogP) is 2.95. The molecule has 0 amide bonds. The van der Waals surface area contributed by atoms with Crippen molar-refractivity contribution in [3.63, 3.8) is 0 Å². The first-order valence-corrected chi connectivity index (χ1v) is 7.13. The topological polar surface area (TPSA) is 29.3 Å². The number of hydrogen-bond donors (Lipinski definition) is 1. The van der Waals surface area contributed by atoms with E-state index in [-0.39, 0.29) is 0 Å². The van der Waals surface area contributed by atoms with Gasteiger partial charge in [0.05, 0.1) is 5.69 Å². The maximum absolute atomic E-state index is 5.72. The van der Waals surface area contributed by atoms with Crippen LogP contribution in [-0.4, -0.2) is 24.9 Å². The second kappa shape index (κ2) is 4.91. The van der Waals surface area contributed by atoms with E-state index in [1.165, 1.54) is 21.7 Å². The maximum atomic E-state index is 5.72. The van der Waals surface area contributed by atoms with Gasteiger partial charge in [-0.15, -0.1) is 11.8 Å². The van der Waals surface area contributed by atoms with Crippen LogP contribution < -0.4 is 10.6 Å². The normalized spacial score (nSPS) is 23.7. The molecule has 2 N–H and O–H groups in total. The Morgan fingerprint density at radius 3 is 2.71 bits per heavy atom. The highest BCUT2D eigenvalue weighted by molar-refractivity contribution is 8.00. The third-order valence-electron chi connectivity index (χ3n) is 3.65. The van der Waals surface area contributed by atoms with E-state index in [0.717, 1.165) is 13.0 Å². The average molecular weight is 250 g/mol. The number of thioether (sulfide) groups is 1. The van der Waals surface area contributed by atoms with Crippen molar-refractivity contribution < 1.29 is 0 Å². The Morgan fingerprint density at radius 2 is 2.06 bits per heavy atom. The van der Waals surface area contributed by atoms with Crippen molar-refractivity contribution in [1.29, 1.82) is 0 Å². The first-order valence-electron chi connectivity index (χ1n) is 6.25. The summed E-state index contributed by atoms with van der Waals surface area (Å²) in [5.74, 6) is 0. The molecule has 0 saturated carbocycles. The summed E-state index contributed by atoms with van der Waals surface area (Å²) >= 11 is 2.01. The van der Waals surface area contributed by atoms with Gasteiger partial charge in [-0.3, -0.25) is 0 Å². The Bertz CT molecular complexity index is 417. The SMILES string of the molecule is Cc1cc(C)c2c(c1)N(C)C(C)C(CCN)S2. The summed E-state index contributed by atoms with van der Waals surface area (Å²) < 4.78 is 0. The minimum Gasteiger partial charge on any atom is -0.370 e. The monoisotopic (exact) mass is 250 g/mol. The molecule has 0 saturated heterocycles. The number of nitrogens with two attached hydrogens (primary N) is 1. The Balaban J connectivity index is 2.41. The van der Waals surface area contributed by atoms with Gasteiger partial charge < -0.3 is 10.6 Å². The fourth-order valence-electron chi connectivity index (χ4n) is 2.53. The summed E-state index contributed by atoms with van der Waals surface area (Å²) in [5.41, 5.74) is 9.84. The number of fused-ring (bicyclic) bond motifs is 1. The van der Waals surface area contributed by atoms with Gasteiger partial charge in [-0.05, 0) is 50.9 Å². The molecule has 1 aromatic carbocycles. The molecule has 1 heterocycles. The minimum atomic E-state index is 0.553. The van der Waals surface area contributed by atoms with Gasteiger partial charge in [0.2, 0.25) is 0 Å². The highest BCUT2D eigenvalue weighted by atomic mass is 32.2. The van der Waals surface area contributed by atoms with Gasteiger partial charge in [0.15, 0.2) is 0 Å². The predicted molar refractivity (Wildman–Crippen MR) is 77.1 cm³/mol. The molecular formula is C14H22N2S. The van der Waals surface area contributed by atoms with E-state index in [4.69, 9.17) is 5.73 Å². The van der Waals surface area contributed by atoms with Crippen molar-refractivity contribution in [1.82, 2.24) is 0 Å². The van der Waals surface area contributed by atoms with Crippen LogP contribution in [0, 0.1) is 13.8 Å². The quantitative estimate of drug-likeness (QED) is 0.875. The van der Waals surface area contributed by atoms with Crippen LogP contribution in [0.15, 0.2) is 17.0 Å². The zero-order valence-corrected chi connectivity index (χ0v) is 12.0. The van der Waals surface area contributed by atoms with Gasteiger partial charge in [0.25, 0.3) is 0 Å². The average Bonchev–Trinajstić information content (AvgIpc) is 2.27. The Morgan fingerprint density at radius 1 is 1.35 bits per heavy atom. The van der Waals surface area contributed by atoms with E-state index in [9.17, 15) is 0 Å². The fourth-order valence-corrected chi connectivity index (χ4v) is 4.03. The number of aryl methyl sites for hydroxylation is 2. The van der Waals surface area contributed by atoms with Crippen LogP contribution in [0.5, 0.6) is 0 Å². The minimum absolute atomic E-state index is 0.553. The fraction of sp³-hybridized carbons (Fsp3) is 0.571. The molecule has 94 valence electrons. The number of hydrogen-bond acceptors (Lipinski definition) is 3. The van der Waals surface area contributed by atoms with Crippen molar-refractivity contribution >= 4 is 17.4 Å². The molecule has 1 aliphatic heterocycles. The van der Waals surface area contributed by atoms with Crippen LogP contribution in [0.2, 0.25) is 0 Å². The van der Waals surface area contributed by atoms with Gasteiger partial charge in [-0.25, -0.2) is 0 Å². The molecule has 17 heavy (non-hydrogen) atoms. The summed E-state index contributed by atoms with van der Waals surface area (Å²) in [7, 11) is 2.20. The lowest BCUT2D eigenvalue weighted by Gasteiger charge is -2.40. The van der Waals surface area contributed by atoms with E-state index >= 15 is 0 Å². The highest BCUT2D eigenvalue weighted by Crippen LogP contribution is 2.44. The van der Waals surface area contributed by atoms with Crippen LogP contribution >= 0.6 is 11.8 Å². The van der Waals surface area contributed by atoms with Gasteiger partial charge >= 0.3 is 0 Å². The van der Waals surface area contributed by atoms with Gasteiger partial charge in [0, 0.05) is 23.2 Å². The molecule has 0 aromatic heterocycles. The van der Waals surface area contributed by atoms with Crippen molar-refractivity contribution in [2.75, 3.05) is 18.5 Å². The molecule has 1 aliphatic rings. The molecular weight excluding hydrogens is 228 g/mol. The maximum Gasteiger partial charge on any atom is 0.0510 e. The van der Waals surface area contributed by atoms with Crippen LogP contribution in [0.1, 0.15) is 24.5 Å². The van der Waals surface area contributed by atoms with Crippen molar-refractivity contribution in [2.24, 2.45) is 5.73 Å². The van der Waals surface area contributed by atoms with Gasteiger partial charge in [-0.1, -0.05) is 6.07 Å². The number of benzene rings is 1. The smallest absolute Gasteiger partial charge is 0.0510 e. The lowest BCUT2D eigenvalue weighted by molar-refractivity contribution is 0.603. The van der Waals surface area contributed by atoms with E-state index in [2.05, 4.69) is 44.9 Å². The Kier molecular flexibility index (Phi) is 3.69.